The smallest absolute Gasteiger partial charge is 0.239 e. The quantitative estimate of drug-likeness (QED) is 0.687. The van der Waals surface area contributed by atoms with Gasteiger partial charge in [-0.15, -0.1) is 12.4 Å². The number of rotatable bonds is 4. The molecule has 0 unspecified atom stereocenters. The van der Waals surface area contributed by atoms with Crippen LogP contribution in [0.5, 0.6) is 0 Å². The number of sulfonamides is 1. The van der Waals surface area contributed by atoms with Crippen LogP contribution in [0.25, 0.3) is 0 Å². The molecule has 1 amide bonds. The van der Waals surface area contributed by atoms with Crippen molar-refractivity contribution in [3.8, 4) is 0 Å². The number of nitrogens with one attached hydrogen (secondary N) is 2. The summed E-state index contributed by atoms with van der Waals surface area (Å²) in [7, 11) is -3.08. The van der Waals surface area contributed by atoms with Gasteiger partial charge in [-0.3, -0.25) is 4.79 Å². The highest BCUT2D eigenvalue weighted by molar-refractivity contribution is 7.89. The van der Waals surface area contributed by atoms with E-state index in [2.05, 4.69) is 10.6 Å². The van der Waals surface area contributed by atoms with E-state index in [1.807, 2.05) is 6.92 Å². The van der Waals surface area contributed by atoms with Crippen molar-refractivity contribution in [2.75, 3.05) is 38.5 Å². The average molecular weight is 328 g/mol. The molecule has 7 nitrogen and oxygen atoms in total. The maximum atomic E-state index is 11.9. The Bertz CT molecular complexity index is 431. The lowest BCUT2D eigenvalue weighted by molar-refractivity contribution is -0.128. The summed E-state index contributed by atoms with van der Waals surface area (Å²) in [4.78, 5) is 11.9. The molecular formula is C11H22ClN3O4S. The van der Waals surface area contributed by atoms with Crippen LogP contribution >= 0.6 is 12.4 Å². The normalized spacial score (nSPS) is 29.6. The molecule has 2 saturated heterocycles. The number of ether oxygens (including phenoxy) is 1. The summed E-state index contributed by atoms with van der Waals surface area (Å²) in [6.07, 6.45) is 0.509. The van der Waals surface area contributed by atoms with Crippen molar-refractivity contribution in [3.63, 3.8) is 0 Å². The first kappa shape index (κ1) is 17.6. The number of nitrogens with zero attached hydrogens (tertiary/aromatic N) is 1. The highest BCUT2D eigenvalue weighted by Gasteiger charge is 2.30. The van der Waals surface area contributed by atoms with Crippen molar-refractivity contribution in [1.82, 2.24) is 14.9 Å². The van der Waals surface area contributed by atoms with E-state index >= 15 is 0 Å². The van der Waals surface area contributed by atoms with E-state index in [9.17, 15) is 13.2 Å². The van der Waals surface area contributed by atoms with Crippen LogP contribution in [-0.4, -0.2) is 69.3 Å². The molecule has 0 bridgehead atoms. The molecule has 0 radical (unpaired) electrons. The second-order valence-corrected chi connectivity index (χ2v) is 6.96. The van der Waals surface area contributed by atoms with Crippen LogP contribution in [0.3, 0.4) is 0 Å². The Hall–Kier alpha value is -0.410. The number of hydrogen-bond donors (Lipinski definition) is 2. The standard InChI is InChI=1S/C11H21N3O4S.ClH/c1-9-10(12-4-7-18-9)11(15)13-3-6-14-5-2-8-19(14,16)17;/h9-10,12H,2-8H2,1H3,(H,13,15);1H/t9-,10+;/m1./s1. The fraction of sp³-hybridized carbons (Fsp3) is 0.909. The van der Waals surface area contributed by atoms with Crippen LogP contribution in [0, 0.1) is 0 Å². The minimum absolute atomic E-state index is 0. The predicted octanol–water partition coefficient (Wildman–Crippen LogP) is -1.06. The van der Waals surface area contributed by atoms with E-state index in [4.69, 9.17) is 4.74 Å². The van der Waals surface area contributed by atoms with Gasteiger partial charge in [-0.05, 0) is 13.3 Å². The molecule has 0 saturated carbocycles. The lowest BCUT2D eigenvalue weighted by atomic mass is 10.1. The summed E-state index contributed by atoms with van der Waals surface area (Å²) < 4.78 is 30.0. The van der Waals surface area contributed by atoms with Crippen molar-refractivity contribution < 1.29 is 17.9 Å². The van der Waals surface area contributed by atoms with Crippen LogP contribution < -0.4 is 10.6 Å². The van der Waals surface area contributed by atoms with Crippen molar-refractivity contribution in [2.24, 2.45) is 0 Å². The Morgan fingerprint density at radius 1 is 1.50 bits per heavy atom. The van der Waals surface area contributed by atoms with Gasteiger partial charge in [-0.25, -0.2) is 12.7 Å². The monoisotopic (exact) mass is 327 g/mol. The Balaban J connectivity index is 0.00000200. The topological polar surface area (TPSA) is 87.7 Å². The van der Waals surface area contributed by atoms with Crippen LogP contribution in [0.4, 0.5) is 0 Å². The summed E-state index contributed by atoms with van der Waals surface area (Å²) in [5.41, 5.74) is 0. The number of halogens is 1. The molecule has 2 atom stereocenters. The van der Waals surface area contributed by atoms with Crippen LogP contribution in [0.1, 0.15) is 13.3 Å². The number of morpholine rings is 1. The summed E-state index contributed by atoms with van der Waals surface area (Å²) in [5, 5.41) is 5.85. The van der Waals surface area contributed by atoms with Crippen molar-refractivity contribution in [3.05, 3.63) is 0 Å². The second kappa shape index (κ2) is 7.56. The minimum Gasteiger partial charge on any atom is -0.375 e. The third-order valence-corrected chi connectivity index (χ3v) is 5.42. The third kappa shape index (κ3) is 4.29. The molecule has 0 aromatic rings. The SMILES string of the molecule is C[C@H]1OCCN[C@@H]1C(=O)NCCN1CCCS1(=O)=O.Cl. The number of amides is 1. The highest BCUT2D eigenvalue weighted by atomic mass is 35.5. The molecule has 2 fully saturated rings. The Kier molecular flexibility index (Phi) is 6.67. The van der Waals surface area contributed by atoms with Gasteiger partial charge in [0.1, 0.15) is 6.04 Å². The zero-order valence-electron chi connectivity index (χ0n) is 11.5. The van der Waals surface area contributed by atoms with Gasteiger partial charge in [-0.1, -0.05) is 0 Å². The van der Waals surface area contributed by atoms with Crippen molar-refractivity contribution in [1.29, 1.82) is 0 Å². The fourth-order valence-corrected chi connectivity index (χ4v) is 3.91. The van der Waals surface area contributed by atoms with E-state index in [-0.39, 0.29) is 36.2 Å². The summed E-state index contributed by atoms with van der Waals surface area (Å²) >= 11 is 0. The highest BCUT2D eigenvalue weighted by Crippen LogP contribution is 2.11. The number of carbonyl (C=O) groups is 1. The first-order valence-corrected chi connectivity index (χ1v) is 8.22. The Morgan fingerprint density at radius 2 is 2.25 bits per heavy atom. The molecule has 2 aliphatic rings. The average Bonchev–Trinajstić information content (AvgIpc) is 2.69. The van der Waals surface area contributed by atoms with Gasteiger partial charge in [0.15, 0.2) is 0 Å². The van der Waals surface area contributed by atoms with Crippen molar-refractivity contribution in [2.45, 2.75) is 25.5 Å². The van der Waals surface area contributed by atoms with Gasteiger partial charge >= 0.3 is 0 Å². The Labute approximate surface area is 125 Å². The van der Waals surface area contributed by atoms with Gasteiger partial charge in [-0.2, -0.15) is 0 Å². The molecule has 20 heavy (non-hydrogen) atoms. The second-order valence-electron chi connectivity index (χ2n) is 4.87. The maximum Gasteiger partial charge on any atom is 0.239 e. The van der Waals surface area contributed by atoms with Gasteiger partial charge in [0.2, 0.25) is 15.9 Å². The molecule has 2 N–H and O–H groups in total. The van der Waals surface area contributed by atoms with E-state index < -0.39 is 10.0 Å². The Morgan fingerprint density at radius 3 is 2.85 bits per heavy atom. The fourth-order valence-electron chi connectivity index (χ4n) is 2.38. The molecule has 0 spiro atoms. The van der Waals surface area contributed by atoms with Gasteiger partial charge < -0.3 is 15.4 Å². The van der Waals surface area contributed by atoms with E-state index in [0.29, 0.717) is 39.2 Å². The summed E-state index contributed by atoms with van der Waals surface area (Å²) in [6, 6.07) is -0.357. The van der Waals surface area contributed by atoms with Crippen LogP contribution in [0.15, 0.2) is 0 Å². The number of carbonyl (C=O) groups excluding carboxylic acids is 1. The first-order valence-electron chi connectivity index (χ1n) is 6.61. The first-order chi connectivity index (χ1) is 9.00. The molecule has 2 heterocycles. The largest absolute Gasteiger partial charge is 0.375 e. The van der Waals surface area contributed by atoms with Crippen molar-refractivity contribution >= 4 is 28.3 Å². The maximum absolute atomic E-state index is 11.9. The summed E-state index contributed by atoms with van der Waals surface area (Å²) in [6.45, 7) is 4.35. The molecule has 9 heteroatoms. The molecule has 2 aliphatic heterocycles. The lowest BCUT2D eigenvalue weighted by Gasteiger charge is -2.29. The van der Waals surface area contributed by atoms with Gasteiger partial charge in [0, 0.05) is 26.2 Å². The number of hydrogen-bond acceptors (Lipinski definition) is 5. The van der Waals surface area contributed by atoms with Gasteiger partial charge in [0.25, 0.3) is 0 Å². The molecule has 2 rings (SSSR count). The zero-order chi connectivity index (χ0) is 13.9. The predicted molar refractivity (Wildman–Crippen MR) is 77.4 cm³/mol. The molecule has 0 aromatic carbocycles. The van der Waals surface area contributed by atoms with Crippen LogP contribution in [0.2, 0.25) is 0 Å². The minimum atomic E-state index is -3.08. The molecule has 0 aliphatic carbocycles. The van der Waals surface area contributed by atoms with E-state index in [0.717, 1.165) is 0 Å². The van der Waals surface area contributed by atoms with Gasteiger partial charge in [0.05, 0.1) is 18.5 Å². The lowest BCUT2D eigenvalue weighted by Crippen LogP contribution is -2.56. The zero-order valence-corrected chi connectivity index (χ0v) is 13.1. The summed E-state index contributed by atoms with van der Waals surface area (Å²) in [5.74, 6) is 0.0829. The molecule has 0 aromatic heterocycles. The third-order valence-electron chi connectivity index (χ3n) is 3.46. The van der Waals surface area contributed by atoms with E-state index in [1.165, 1.54) is 4.31 Å². The van der Waals surface area contributed by atoms with E-state index in [1.54, 1.807) is 0 Å². The molecule has 118 valence electrons. The van der Waals surface area contributed by atoms with Crippen LogP contribution in [-0.2, 0) is 19.6 Å². The molecular weight excluding hydrogens is 306 g/mol.